The molecule has 0 aliphatic carbocycles. The van der Waals surface area contributed by atoms with E-state index in [9.17, 15) is 0 Å². The topological polar surface area (TPSA) is 38.0 Å². The largest absolute Gasteiger partial charge is 0.271 e. The Bertz CT molecular complexity index is 535. The summed E-state index contributed by atoms with van der Waals surface area (Å²) in [5.41, 5.74) is 4.67. The predicted octanol–water partition coefficient (Wildman–Crippen LogP) is 4.39. The highest BCUT2D eigenvalue weighted by Gasteiger charge is 2.17. The standard InChI is InChI=1S/C14H13Cl3N2/c15-10-6-4-9(5-7-10)8-13(19-18)14-11(16)2-1-3-12(14)17/h1-7,13,19H,8,18H2. The minimum Gasteiger partial charge on any atom is -0.271 e. The average molecular weight is 316 g/mol. The van der Waals surface area contributed by atoms with E-state index >= 15 is 0 Å². The second-order valence-corrected chi connectivity index (χ2v) is 5.44. The third kappa shape index (κ3) is 3.62. The smallest absolute Gasteiger partial charge is 0.0529 e. The molecule has 0 aliphatic heterocycles. The molecule has 19 heavy (non-hydrogen) atoms. The minimum atomic E-state index is -0.151. The maximum atomic E-state index is 6.19. The van der Waals surface area contributed by atoms with Crippen LogP contribution in [0.5, 0.6) is 0 Å². The van der Waals surface area contributed by atoms with Crippen molar-refractivity contribution in [1.82, 2.24) is 5.43 Å². The molecule has 0 radical (unpaired) electrons. The Morgan fingerprint density at radius 2 is 1.53 bits per heavy atom. The van der Waals surface area contributed by atoms with Crippen LogP contribution in [0.2, 0.25) is 15.1 Å². The van der Waals surface area contributed by atoms with Crippen LogP contribution < -0.4 is 11.3 Å². The highest BCUT2D eigenvalue weighted by atomic mass is 35.5. The number of halogens is 3. The molecule has 0 aliphatic rings. The lowest BCUT2D eigenvalue weighted by atomic mass is 9.99. The van der Waals surface area contributed by atoms with E-state index in [2.05, 4.69) is 5.43 Å². The van der Waals surface area contributed by atoms with Crippen molar-refractivity contribution < 1.29 is 0 Å². The van der Waals surface area contributed by atoms with Crippen LogP contribution in [0.4, 0.5) is 0 Å². The summed E-state index contributed by atoms with van der Waals surface area (Å²) >= 11 is 18.3. The van der Waals surface area contributed by atoms with Gasteiger partial charge < -0.3 is 0 Å². The molecular formula is C14H13Cl3N2. The van der Waals surface area contributed by atoms with Gasteiger partial charge in [-0.3, -0.25) is 11.3 Å². The van der Waals surface area contributed by atoms with Crippen molar-refractivity contribution in [1.29, 1.82) is 0 Å². The van der Waals surface area contributed by atoms with E-state index in [1.807, 2.05) is 30.3 Å². The highest BCUT2D eigenvalue weighted by Crippen LogP contribution is 2.31. The Labute approximate surface area is 127 Å². The van der Waals surface area contributed by atoms with E-state index in [4.69, 9.17) is 40.6 Å². The first-order valence-corrected chi connectivity index (χ1v) is 6.89. The molecule has 100 valence electrons. The van der Waals surface area contributed by atoms with Gasteiger partial charge >= 0.3 is 0 Å². The van der Waals surface area contributed by atoms with Gasteiger partial charge in [-0.15, -0.1) is 0 Å². The van der Waals surface area contributed by atoms with Crippen molar-refractivity contribution in [3.8, 4) is 0 Å². The van der Waals surface area contributed by atoms with Gasteiger partial charge in [0.05, 0.1) is 6.04 Å². The van der Waals surface area contributed by atoms with Crippen molar-refractivity contribution in [2.75, 3.05) is 0 Å². The molecule has 2 rings (SSSR count). The van der Waals surface area contributed by atoms with Gasteiger partial charge in [-0.05, 0) is 36.2 Å². The third-order valence-corrected chi connectivity index (χ3v) is 3.81. The van der Waals surface area contributed by atoms with Crippen molar-refractivity contribution in [2.24, 2.45) is 5.84 Å². The first-order chi connectivity index (χ1) is 9.11. The number of hydrogen-bond acceptors (Lipinski definition) is 2. The molecule has 0 saturated carbocycles. The number of hydrazine groups is 1. The van der Waals surface area contributed by atoms with Crippen molar-refractivity contribution in [3.63, 3.8) is 0 Å². The fraction of sp³-hybridized carbons (Fsp3) is 0.143. The Kier molecular flexibility index (Phi) is 5.08. The average Bonchev–Trinajstić information content (AvgIpc) is 2.39. The van der Waals surface area contributed by atoms with Gasteiger partial charge in [0, 0.05) is 20.6 Å². The zero-order chi connectivity index (χ0) is 13.8. The predicted molar refractivity (Wildman–Crippen MR) is 81.7 cm³/mol. The summed E-state index contributed by atoms with van der Waals surface area (Å²) in [7, 11) is 0. The highest BCUT2D eigenvalue weighted by molar-refractivity contribution is 6.36. The summed E-state index contributed by atoms with van der Waals surface area (Å²) in [6.07, 6.45) is 0.678. The van der Waals surface area contributed by atoms with Gasteiger partial charge in [-0.1, -0.05) is 53.0 Å². The first-order valence-electron chi connectivity index (χ1n) is 5.76. The van der Waals surface area contributed by atoms with Crippen LogP contribution in [0.3, 0.4) is 0 Å². The molecule has 2 aromatic rings. The van der Waals surface area contributed by atoms with Crippen molar-refractivity contribution >= 4 is 34.8 Å². The van der Waals surface area contributed by atoms with Gasteiger partial charge in [0.25, 0.3) is 0 Å². The SMILES string of the molecule is NNC(Cc1ccc(Cl)cc1)c1c(Cl)cccc1Cl. The molecule has 1 atom stereocenters. The molecular weight excluding hydrogens is 303 g/mol. The molecule has 1 unspecified atom stereocenters. The summed E-state index contributed by atoms with van der Waals surface area (Å²) in [4.78, 5) is 0. The van der Waals surface area contributed by atoms with E-state index in [0.29, 0.717) is 21.5 Å². The Balaban J connectivity index is 2.27. The van der Waals surface area contributed by atoms with Gasteiger partial charge in [-0.2, -0.15) is 0 Å². The molecule has 0 fully saturated rings. The molecule has 2 aromatic carbocycles. The zero-order valence-electron chi connectivity index (χ0n) is 10.0. The van der Waals surface area contributed by atoms with Crippen LogP contribution in [0.15, 0.2) is 42.5 Å². The second-order valence-electron chi connectivity index (χ2n) is 4.19. The lowest BCUT2D eigenvalue weighted by Gasteiger charge is -2.19. The second kappa shape index (κ2) is 6.60. The summed E-state index contributed by atoms with van der Waals surface area (Å²) in [5, 5.41) is 1.91. The summed E-state index contributed by atoms with van der Waals surface area (Å²) in [5.74, 6) is 5.63. The van der Waals surface area contributed by atoms with Crippen LogP contribution in [-0.2, 0) is 6.42 Å². The monoisotopic (exact) mass is 314 g/mol. The van der Waals surface area contributed by atoms with Crippen LogP contribution in [0, 0.1) is 0 Å². The first kappa shape index (κ1) is 14.6. The molecule has 0 heterocycles. The lowest BCUT2D eigenvalue weighted by molar-refractivity contribution is 0.552. The third-order valence-electron chi connectivity index (χ3n) is 2.90. The molecule has 2 nitrogen and oxygen atoms in total. The van der Waals surface area contributed by atoms with E-state index < -0.39 is 0 Å². The normalized spacial score (nSPS) is 12.4. The number of nitrogens with two attached hydrogens (primary N) is 1. The molecule has 0 saturated heterocycles. The summed E-state index contributed by atoms with van der Waals surface area (Å²) in [6, 6.07) is 12.9. The summed E-state index contributed by atoms with van der Waals surface area (Å²) in [6.45, 7) is 0. The Morgan fingerprint density at radius 3 is 2.05 bits per heavy atom. The van der Waals surface area contributed by atoms with Crippen LogP contribution >= 0.6 is 34.8 Å². The van der Waals surface area contributed by atoms with E-state index in [1.54, 1.807) is 12.1 Å². The number of nitrogens with one attached hydrogen (secondary N) is 1. The Hall–Kier alpha value is -0.770. The van der Waals surface area contributed by atoms with Crippen molar-refractivity contribution in [2.45, 2.75) is 12.5 Å². The van der Waals surface area contributed by atoms with E-state index in [1.165, 1.54) is 0 Å². The van der Waals surface area contributed by atoms with Gasteiger partial charge in [-0.25, -0.2) is 0 Å². The number of hydrogen-bond donors (Lipinski definition) is 2. The Morgan fingerprint density at radius 1 is 0.947 bits per heavy atom. The summed E-state index contributed by atoms with van der Waals surface area (Å²) < 4.78 is 0. The maximum Gasteiger partial charge on any atom is 0.0529 e. The van der Waals surface area contributed by atoms with Crippen LogP contribution in [-0.4, -0.2) is 0 Å². The number of rotatable bonds is 4. The van der Waals surface area contributed by atoms with E-state index in [0.717, 1.165) is 11.1 Å². The molecule has 5 heteroatoms. The van der Waals surface area contributed by atoms with Crippen LogP contribution in [0.25, 0.3) is 0 Å². The van der Waals surface area contributed by atoms with Crippen LogP contribution in [0.1, 0.15) is 17.2 Å². The maximum absolute atomic E-state index is 6.19. The van der Waals surface area contributed by atoms with Gasteiger partial charge in [0.1, 0.15) is 0 Å². The molecule has 0 spiro atoms. The van der Waals surface area contributed by atoms with E-state index in [-0.39, 0.29) is 6.04 Å². The molecule has 0 amide bonds. The number of benzene rings is 2. The minimum absolute atomic E-state index is 0.151. The fourth-order valence-corrected chi connectivity index (χ4v) is 2.73. The molecule has 0 aromatic heterocycles. The quantitative estimate of drug-likeness (QED) is 0.648. The molecule has 3 N–H and O–H groups in total. The van der Waals surface area contributed by atoms with Gasteiger partial charge in [0.2, 0.25) is 0 Å². The fourth-order valence-electron chi connectivity index (χ4n) is 1.94. The lowest BCUT2D eigenvalue weighted by Crippen LogP contribution is -2.30. The zero-order valence-corrected chi connectivity index (χ0v) is 12.3. The molecule has 0 bridgehead atoms. The van der Waals surface area contributed by atoms with Crippen molar-refractivity contribution in [3.05, 3.63) is 68.7 Å². The van der Waals surface area contributed by atoms with Gasteiger partial charge in [0.15, 0.2) is 0 Å².